The van der Waals surface area contributed by atoms with Crippen molar-refractivity contribution in [1.29, 1.82) is 0 Å². The lowest BCUT2D eigenvalue weighted by molar-refractivity contribution is 0.0923. The summed E-state index contributed by atoms with van der Waals surface area (Å²) in [7, 11) is 3.07. The molecule has 4 nitrogen and oxygen atoms in total. The van der Waals surface area contributed by atoms with Crippen molar-refractivity contribution in [2.45, 2.75) is 25.8 Å². The maximum atomic E-state index is 12.1. The van der Waals surface area contributed by atoms with Gasteiger partial charge in [-0.2, -0.15) is 0 Å². The first-order valence-corrected chi connectivity index (χ1v) is 6.02. The van der Waals surface area contributed by atoms with Crippen LogP contribution < -0.4 is 14.8 Å². The Morgan fingerprint density at radius 2 is 2.00 bits per heavy atom. The molecule has 0 spiro atoms. The van der Waals surface area contributed by atoms with Crippen molar-refractivity contribution >= 4 is 5.91 Å². The Hall–Kier alpha value is -2.15. The lowest BCUT2D eigenvalue weighted by Gasteiger charge is -2.23. The zero-order valence-electron chi connectivity index (χ0n) is 11.7. The van der Waals surface area contributed by atoms with E-state index in [0.29, 0.717) is 23.5 Å². The van der Waals surface area contributed by atoms with Crippen molar-refractivity contribution in [3.63, 3.8) is 0 Å². The highest BCUT2D eigenvalue weighted by Crippen LogP contribution is 2.27. The quantitative estimate of drug-likeness (QED) is 0.827. The number of hydrogen-bond donors (Lipinski definition) is 1. The minimum Gasteiger partial charge on any atom is -0.493 e. The average Bonchev–Trinajstić information content (AvgIpc) is 2.46. The molecule has 19 heavy (non-hydrogen) atoms. The Balaban J connectivity index is 2.98. The molecular formula is C15H19NO3. The second kappa shape index (κ2) is 6.14. The van der Waals surface area contributed by atoms with Crippen LogP contribution in [0.1, 0.15) is 30.6 Å². The van der Waals surface area contributed by atoms with E-state index in [-0.39, 0.29) is 5.91 Å². The van der Waals surface area contributed by atoms with E-state index in [1.165, 1.54) is 7.11 Å². The predicted octanol–water partition coefficient (Wildman–Crippen LogP) is 2.24. The third-order valence-corrected chi connectivity index (χ3v) is 3.06. The average molecular weight is 261 g/mol. The van der Waals surface area contributed by atoms with E-state index in [1.54, 1.807) is 25.3 Å². The first kappa shape index (κ1) is 14.9. The summed E-state index contributed by atoms with van der Waals surface area (Å²) in [6.45, 7) is 3.74. The van der Waals surface area contributed by atoms with E-state index in [4.69, 9.17) is 15.9 Å². The maximum absolute atomic E-state index is 12.1. The van der Waals surface area contributed by atoms with Crippen LogP contribution in [0.4, 0.5) is 0 Å². The predicted molar refractivity (Wildman–Crippen MR) is 74.5 cm³/mol. The van der Waals surface area contributed by atoms with Gasteiger partial charge in [0, 0.05) is 5.56 Å². The Morgan fingerprint density at radius 3 is 2.47 bits per heavy atom. The molecular weight excluding hydrogens is 242 g/mol. The van der Waals surface area contributed by atoms with E-state index in [0.717, 1.165) is 0 Å². The summed E-state index contributed by atoms with van der Waals surface area (Å²) in [5, 5.41) is 2.83. The van der Waals surface area contributed by atoms with Crippen LogP contribution in [0.25, 0.3) is 0 Å². The largest absolute Gasteiger partial charge is 0.493 e. The summed E-state index contributed by atoms with van der Waals surface area (Å²) in [5.41, 5.74) is -0.169. The van der Waals surface area contributed by atoms with Crippen LogP contribution in [0.5, 0.6) is 11.5 Å². The Bertz CT molecular complexity index is 505. The van der Waals surface area contributed by atoms with Gasteiger partial charge in [0.2, 0.25) is 0 Å². The van der Waals surface area contributed by atoms with Gasteiger partial charge in [0.1, 0.15) is 0 Å². The van der Waals surface area contributed by atoms with Crippen molar-refractivity contribution in [1.82, 2.24) is 5.32 Å². The molecule has 1 N–H and O–H groups in total. The molecule has 1 amide bonds. The molecule has 0 aliphatic carbocycles. The highest BCUT2D eigenvalue weighted by atomic mass is 16.5. The van der Waals surface area contributed by atoms with Gasteiger partial charge in [-0.15, -0.1) is 6.42 Å². The molecule has 0 unspecified atom stereocenters. The minimum absolute atomic E-state index is 0.233. The number of rotatable bonds is 5. The molecule has 0 bridgehead atoms. The molecule has 0 aliphatic rings. The van der Waals surface area contributed by atoms with E-state index in [2.05, 4.69) is 11.2 Å². The van der Waals surface area contributed by atoms with Crippen LogP contribution in [0, 0.1) is 12.3 Å². The molecule has 0 aliphatic heterocycles. The summed E-state index contributed by atoms with van der Waals surface area (Å²) in [6, 6.07) is 4.98. The number of carbonyl (C=O) groups excluding carboxylic acids is 1. The number of benzene rings is 1. The van der Waals surface area contributed by atoms with Gasteiger partial charge < -0.3 is 14.8 Å². The lowest BCUT2D eigenvalue weighted by atomic mass is 9.99. The third-order valence-electron chi connectivity index (χ3n) is 3.06. The Morgan fingerprint density at radius 1 is 1.37 bits per heavy atom. The normalized spacial score (nSPS) is 13.0. The third kappa shape index (κ3) is 3.41. The number of terminal acetylenes is 1. The van der Waals surface area contributed by atoms with Crippen LogP contribution in [-0.2, 0) is 0 Å². The van der Waals surface area contributed by atoms with Crippen molar-refractivity contribution in [3.05, 3.63) is 23.8 Å². The summed E-state index contributed by atoms with van der Waals surface area (Å²) >= 11 is 0. The Kier molecular flexibility index (Phi) is 4.82. The van der Waals surface area contributed by atoms with Crippen LogP contribution in [0.15, 0.2) is 18.2 Å². The fourth-order valence-corrected chi connectivity index (χ4v) is 1.53. The maximum Gasteiger partial charge on any atom is 0.252 e. The number of ether oxygens (including phenoxy) is 2. The molecule has 0 aromatic heterocycles. The highest BCUT2D eigenvalue weighted by molar-refractivity contribution is 5.95. The molecule has 102 valence electrons. The van der Waals surface area contributed by atoms with Crippen LogP contribution in [0.2, 0.25) is 0 Å². The Labute approximate surface area is 114 Å². The number of carbonyl (C=O) groups is 1. The summed E-state index contributed by atoms with van der Waals surface area (Å²) in [6.07, 6.45) is 6.09. The highest BCUT2D eigenvalue weighted by Gasteiger charge is 2.22. The van der Waals surface area contributed by atoms with Gasteiger partial charge in [0.15, 0.2) is 11.5 Å². The van der Waals surface area contributed by atoms with Crippen molar-refractivity contribution in [2.24, 2.45) is 0 Å². The first-order chi connectivity index (χ1) is 8.99. The van der Waals surface area contributed by atoms with Crippen LogP contribution in [-0.4, -0.2) is 25.7 Å². The number of nitrogens with one attached hydrogen (secondary N) is 1. The van der Waals surface area contributed by atoms with Crippen molar-refractivity contribution in [3.8, 4) is 23.8 Å². The molecule has 0 fully saturated rings. The first-order valence-electron chi connectivity index (χ1n) is 6.02. The van der Waals surface area contributed by atoms with Gasteiger partial charge in [0.25, 0.3) is 5.91 Å². The summed E-state index contributed by atoms with van der Waals surface area (Å²) in [4.78, 5) is 12.1. The van der Waals surface area contributed by atoms with E-state index >= 15 is 0 Å². The van der Waals surface area contributed by atoms with Gasteiger partial charge in [-0.1, -0.05) is 12.8 Å². The van der Waals surface area contributed by atoms with Gasteiger partial charge in [-0.05, 0) is 31.5 Å². The molecule has 0 saturated heterocycles. The number of methoxy groups -OCH3 is 2. The van der Waals surface area contributed by atoms with E-state index in [1.807, 2.05) is 13.8 Å². The minimum atomic E-state index is -0.649. The van der Waals surface area contributed by atoms with Crippen molar-refractivity contribution < 1.29 is 14.3 Å². The van der Waals surface area contributed by atoms with Gasteiger partial charge in [-0.25, -0.2) is 0 Å². The standard InChI is InChI=1S/C15H19NO3/c1-6-15(3,7-2)16-14(17)11-8-9-12(18-4)13(10-11)19-5/h1,8-10H,7H2,2-5H3,(H,16,17)/t15-/m1/s1. The lowest BCUT2D eigenvalue weighted by Crippen LogP contribution is -2.44. The fraction of sp³-hybridized carbons (Fsp3) is 0.400. The van der Waals surface area contributed by atoms with E-state index < -0.39 is 5.54 Å². The monoisotopic (exact) mass is 261 g/mol. The smallest absolute Gasteiger partial charge is 0.252 e. The SMILES string of the molecule is C#C[C@](C)(CC)NC(=O)c1ccc(OC)c(OC)c1. The van der Waals surface area contributed by atoms with Crippen LogP contribution >= 0.6 is 0 Å². The second-order valence-corrected chi connectivity index (χ2v) is 4.35. The molecule has 0 saturated carbocycles. The molecule has 1 aromatic carbocycles. The van der Waals surface area contributed by atoms with Gasteiger partial charge >= 0.3 is 0 Å². The second-order valence-electron chi connectivity index (χ2n) is 4.35. The molecule has 4 heteroatoms. The summed E-state index contributed by atoms with van der Waals surface area (Å²) in [5.74, 6) is 3.45. The van der Waals surface area contributed by atoms with Gasteiger partial charge in [0.05, 0.1) is 19.8 Å². The fourth-order valence-electron chi connectivity index (χ4n) is 1.53. The molecule has 1 aromatic rings. The van der Waals surface area contributed by atoms with Crippen LogP contribution in [0.3, 0.4) is 0 Å². The van der Waals surface area contributed by atoms with Gasteiger partial charge in [-0.3, -0.25) is 4.79 Å². The number of amides is 1. The molecule has 1 rings (SSSR count). The molecule has 0 heterocycles. The summed E-state index contributed by atoms with van der Waals surface area (Å²) < 4.78 is 10.3. The molecule has 1 atom stereocenters. The zero-order chi connectivity index (χ0) is 14.5. The van der Waals surface area contributed by atoms with Crippen molar-refractivity contribution in [2.75, 3.05) is 14.2 Å². The molecule has 0 radical (unpaired) electrons. The number of hydrogen-bond acceptors (Lipinski definition) is 3. The topological polar surface area (TPSA) is 47.6 Å². The zero-order valence-corrected chi connectivity index (χ0v) is 11.7. The van der Waals surface area contributed by atoms with E-state index in [9.17, 15) is 4.79 Å².